The number of hydrogen-bond acceptors (Lipinski definition) is 7. The summed E-state index contributed by atoms with van der Waals surface area (Å²) in [7, 11) is 0. The minimum atomic E-state index is 0.648. The molecule has 2 aromatic carbocycles. The van der Waals surface area contributed by atoms with Gasteiger partial charge in [-0.25, -0.2) is 9.97 Å². The molecule has 0 saturated carbocycles. The summed E-state index contributed by atoms with van der Waals surface area (Å²) < 4.78 is 7.59. The molecule has 1 aliphatic rings. The predicted octanol–water partition coefficient (Wildman–Crippen LogP) is 4.16. The van der Waals surface area contributed by atoms with Crippen LogP contribution in [0.2, 0.25) is 5.02 Å². The van der Waals surface area contributed by atoms with Crippen molar-refractivity contribution in [1.82, 2.24) is 24.7 Å². The van der Waals surface area contributed by atoms with Crippen LogP contribution < -0.4 is 4.90 Å². The Balaban J connectivity index is 1.60. The monoisotopic (exact) mass is 438 g/mol. The fourth-order valence-corrected chi connectivity index (χ4v) is 4.47. The zero-order chi connectivity index (χ0) is 20.5. The van der Waals surface area contributed by atoms with Gasteiger partial charge in [-0.15, -0.1) is 10.2 Å². The van der Waals surface area contributed by atoms with Crippen LogP contribution >= 0.6 is 23.4 Å². The van der Waals surface area contributed by atoms with Crippen molar-refractivity contribution in [2.45, 2.75) is 17.1 Å². The number of morpholine rings is 1. The number of nitrogens with zero attached hydrogens (tertiary/aromatic N) is 6. The van der Waals surface area contributed by atoms with Gasteiger partial charge in [0.05, 0.1) is 24.4 Å². The third-order valence-electron chi connectivity index (χ3n) is 4.95. The third kappa shape index (κ3) is 3.74. The topological polar surface area (TPSA) is 69.0 Å². The Labute approximate surface area is 183 Å². The van der Waals surface area contributed by atoms with Gasteiger partial charge in [0.2, 0.25) is 11.1 Å². The fourth-order valence-electron chi connectivity index (χ4n) is 3.39. The molecule has 1 saturated heterocycles. The highest BCUT2D eigenvalue weighted by Gasteiger charge is 2.23. The number of ether oxygens (including phenoxy) is 1. The molecule has 0 N–H and O–H groups in total. The highest BCUT2D eigenvalue weighted by molar-refractivity contribution is 7.99. The lowest BCUT2D eigenvalue weighted by molar-refractivity contribution is 0.122. The van der Waals surface area contributed by atoms with Crippen molar-refractivity contribution in [3.05, 3.63) is 59.4 Å². The van der Waals surface area contributed by atoms with Gasteiger partial charge in [0, 0.05) is 23.5 Å². The van der Waals surface area contributed by atoms with E-state index in [0.717, 1.165) is 45.8 Å². The summed E-state index contributed by atoms with van der Waals surface area (Å²) in [6.45, 7) is 5.00. The number of hydrogen-bond donors (Lipinski definition) is 0. The number of benzene rings is 2. The zero-order valence-corrected chi connectivity index (χ0v) is 17.9. The molecule has 5 rings (SSSR count). The molecule has 1 fully saturated rings. The van der Waals surface area contributed by atoms with Crippen LogP contribution in [-0.2, 0) is 4.74 Å². The van der Waals surface area contributed by atoms with Crippen LogP contribution in [0.15, 0.2) is 59.0 Å². The Morgan fingerprint density at radius 2 is 1.80 bits per heavy atom. The first kappa shape index (κ1) is 19.3. The van der Waals surface area contributed by atoms with Crippen molar-refractivity contribution in [3.8, 4) is 5.69 Å². The summed E-state index contributed by atoms with van der Waals surface area (Å²) in [5.41, 5.74) is 3.01. The second kappa shape index (κ2) is 8.22. The predicted molar refractivity (Wildman–Crippen MR) is 118 cm³/mol. The number of aryl methyl sites for hydroxylation is 1. The second-order valence-corrected chi connectivity index (χ2v) is 8.39. The number of fused-ring (bicyclic) bond motifs is 1. The van der Waals surface area contributed by atoms with Gasteiger partial charge in [-0.05, 0) is 49.0 Å². The van der Waals surface area contributed by atoms with E-state index in [4.69, 9.17) is 16.3 Å². The van der Waals surface area contributed by atoms with Crippen molar-refractivity contribution in [2.24, 2.45) is 0 Å². The first-order valence-corrected chi connectivity index (χ1v) is 10.8. The average Bonchev–Trinajstić information content (AvgIpc) is 3.18. The standard InChI is InChI=1S/C21H19ClN6OS/c1-14-2-5-16(6-3-14)28-20(27-8-10-29-11-9-27)25-26-21(28)30-19-17-7-4-15(22)12-18(17)23-13-24-19/h2-7,12-13H,8-11H2,1H3. The second-order valence-electron chi connectivity index (χ2n) is 7.00. The highest BCUT2D eigenvalue weighted by atomic mass is 35.5. The molecule has 1 aliphatic heterocycles. The summed E-state index contributed by atoms with van der Waals surface area (Å²) in [6.07, 6.45) is 1.55. The molecule has 0 atom stereocenters. The quantitative estimate of drug-likeness (QED) is 0.443. The molecule has 0 aliphatic carbocycles. The number of rotatable bonds is 4. The van der Waals surface area contributed by atoms with E-state index in [-0.39, 0.29) is 0 Å². The van der Waals surface area contributed by atoms with E-state index in [2.05, 4.69) is 60.8 Å². The Morgan fingerprint density at radius 1 is 1.00 bits per heavy atom. The zero-order valence-electron chi connectivity index (χ0n) is 16.3. The molecule has 30 heavy (non-hydrogen) atoms. The molecule has 2 aromatic heterocycles. The van der Waals surface area contributed by atoms with Gasteiger partial charge in [-0.2, -0.15) is 0 Å². The van der Waals surface area contributed by atoms with Crippen LogP contribution in [0.3, 0.4) is 0 Å². The Morgan fingerprint density at radius 3 is 2.60 bits per heavy atom. The van der Waals surface area contributed by atoms with E-state index in [0.29, 0.717) is 18.2 Å². The van der Waals surface area contributed by atoms with Crippen LogP contribution in [0.1, 0.15) is 5.56 Å². The molecule has 0 bridgehead atoms. The largest absolute Gasteiger partial charge is 0.378 e. The van der Waals surface area contributed by atoms with E-state index in [9.17, 15) is 0 Å². The highest BCUT2D eigenvalue weighted by Crippen LogP contribution is 2.34. The lowest BCUT2D eigenvalue weighted by atomic mass is 10.2. The maximum Gasteiger partial charge on any atom is 0.232 e. The minimum absolute atomic E-state index is 0.648. The smallest absolute Gasteiger partial charge is 0.232 e. The number of aromatic nitrogens is 5. The van der Waals surface area contributed by atoms with Crippen LogP contribution in [-0.4, -0.2) is 51.0 Å². The van der Waals surface area contributed by atoms with E-state index >= 15 is 0 Å². The molecule has 0 radical (unpaired) electrons. The molecular weight excluding hydrogens is 420 g/mol. The van der Waals surface area contributed by atoms with E-state index < -0.39 is 0 Å². The summed E-state index contributed by atoms with van der Waals surface area (Å²) in [5, 5.41) is 12.2. The molecule has 4 aromatic rings. The molecule has 3 heterocycles. The van der Waals surface area contributed by atoms with Crippen molar-refractivity contribution in [1.29, 1.82) is 0 Å². The van der Waals surface area contributed by atoms with Crippen molar-refractivity contribution < 1.29 is 4.74 Å². The minimum Gasteiger partial charge on any atom is -0.378 e. The van der Waals surface area contributed by atoms with Gasteiger partial charge in [0.25, 0.3) is 0 Å². The number of halogens is 1. The van der Waals surface area contributed by atoms with Gasteiger partial charge in [0.15, 0.2) is 0 Å². The summed E-state index contributed by atoms with van der Waals surface area (Å²) in [4.78, 5) is 11.0. The Bertz CT molecular complexity index is 1190. The van der Waals surface area contributed by atoms with Gasteiger partial charge in [-0.1, -0.05) is 29.3 Å². The fraction of sp³-hybridized carbons (Fsp3) is 0.238. The Hall–Kier alpha value is -2.68. The molecule has 7 nitrogen and oxygen atoms in total. The lowest BCUT2D eigenvalue weighted by Gasteiger charge is -2.27. The molecule has 9 heteroatoms. The first-order chi connectivity index (χ1) is 14.7. The first-order valence-electron chi connectivity index (χ1n) is 9.62. The van der Waals surface area contributed by atoms with Gasteiger partial charge >= 0.3 is 0 Å². The van der Waals surface area contributed by atoms with Gasteiger partial charge in [-0.3, -0.25) is 4.57 Å². The van der Waals surface area contributed by atoms with Crippen LogP contribution in [0.25, 0.3) is 16.6 Å². The maximum absolute atomic E-state index is 6.13. The summed E-state index contributed by atoms with van der Waals surface area (Å²) in [5.74, 6) is 0.811. The summed E-state index contributed by atoms with van der Waals surface area (Å²) >= 11 is 7.60. The van der Waals surface area contributed by atoms with E-state index in [1.54, 1.807) is 6.33 Å². The van der Waals surface area contributed by atoms with Crippen LogP contribution in [0, 0.1) is 6.92 Å². The van der Waals surface area contributed by atoms with Crippen LogP contribution in [0.4, 0.5) is 5.95 Å². The van der Waals surface area contributed by atoms with E-state index in [1.165, 1.54) is 17.3 Å². The average molecular weight is 439 g/mol. The molecular formula is C21H19ClN6OS. The maximum atomic E-state index is 6.13. The summed E-state index contributed by atoms with van der Waals surface area (Å²) in [6, 6.07) is 14.0. The van der Waals surface area contributed by atoms with Gasteiger partial charge in [0.1, 0.15) is 11.4 Å². The van der Waals surface area contributed by atoms with Crippen molar-refractivity contribution in [2.75, 3.05) is 31.2 Å². The number of anilines is 1. The van der Waals surface area contributed by atoms with Crippen molar-refractivity contribution in [3.63, 3.8) is 0 Å². The molecule has 0 spiro atoms. The Kier molecular flexibility index (Phi) is 5.28. The third-order valence-corrected chi connectivity index (χ3v) is 6.15. The van der Waals surface area contributed by atoms with Crippen LogP contribution in [0.5, 0.6) is 0 Å². The van der Waals surface area contributed by atoms with E-state index in [1.807, 2.05) is 18.2 Å². The molecule has 152 valence electrons. The lowest BCUT2D eigenvalue weighted by Crippen LogP contribution is -2.37. The molecule has 0 amide bonds. The SMILES string of the molecule is Cc1ccc(-n2c(Sc3ncnc4cc(Cl)ccc34)nnc2N2CCOCC2)cc1. The molecule has 0 unspecified atom stereocenters. The van der Waals surface area contributed by atoms with Gasteiger partial charge < -0.3 is 9.64 Å². The normalized spacial score (nSPS) is 14.4. The van der Waals surface area contributed by atoms with Crippen molar-refractivity contribution >= 4 is 40.2 Å².